The molecular formula is C15H19ClN4O3S. The largest absolute Gasteiger partial charge is 0.487 e. The fourth-order valence-electron chi connectivity index (χ4n) is 2.82. The lowest BCUT2D eigenvalue weighted by molar-refractivity contribution is 0.213. The quantitative estimate of drug-likeness (QED) is 0.821. The van der Waals surface area contributed by atoms with Gasteiger partial charge in [-0.15, -0.1) is 0 Å². The minimum Gasteiger partial charge on any atom is -0.487 e. The Morgan fingerprint density at radius 2 is 2.08 bits per heavy atom. The predicted octanol–water partition coefficient (Wildman–Crippen LogP) is 1.93. The molecule has 130 valence electrons. The number of hydrogen-bond acceptors (Lipinski definition) is 5. The van der Waals surface area contributed by atoms with Crippen molar-refractivity contribution in [2.24, 2.45) is 7.05 Å². The molecule has 0 spiro atoms. The van der Waals surface area contributed by atoms with Crippen LogP contribution in [0.3, 0.4) is 0 Å². The molecule has 0 N–H and O–H groups in total. The van der Waals surface area contributed by atoms with Crippen LogP contribution in [-0.2, 0) is 17.1 Å². The molecule has 2 aromatic rings. The van der Waals surface area contributed by atoms with E-state index in [-0.39, 0.29) is 22.7 Å². The van der Waals surface area contributed by atoms with E-state index in [1.54, 1.807) is 26.2 Å². The predicted molar refractivity (Wildman–Crippen MR) is 89.7 cm³/mol. The summed E-state index contributed by atoms with van der Waals surface area (Å²) in [5.74, 6) is 0.678. The second-order valence-corrected chi connectivity index (χ2v) is 8.04. The topological polar surface area (TPSA) is 77.3 Å². The number of rotatable bonds is 4. The Balaban J connectivity index is 1.79. The van der Waals surface area contributed by atoms with E-state index in [1.807, 2.05) is 13.0 Å². The third-order valence-electron chi connectivity index (χ3n) is 4.06. The van der Waals surface area contributed by atoms with Gasteiger partial charge in [0.1, 0.15) is 21.9 Å². The Hall–Kier alpha value is -1.64. The number of pyridine rings is 1. The number of hydrogen-bond donors (Lipinski definition) is 0. The highest BCUT2D eigenvalue weighted by molar-refractivity contribution is 7.89. The lowest BCUT2D eigenvalue weighted by atomic mass is 10.3. The van der Waals surface area contributed by atoms with Crippen LogP contribution in [0.1, 0.15) is 17.8 Å². The minimum atomic E-state index is -3.69. The molecule has 0 unspecified atom stereocenters. The van der Waals surface area contributed by atoms with Gasteiger partial charge in [0, 0.05) is 19.8 Å². The van der Waals surface area contributed by atoms with E-state index in [2.05, 4.69) is 10.1 Å². The fraction of sp³-hybridized carbons (Fsp3) is 0.467. The van der Waals surface area contributed by atoms with E-state index in [1.165, 1.54) is 8.99 Å². The van der Waals surface area contributed by atoms with Crippen LogP contribution in [-0.4, -0.2) is 46.7 Å². The van der Waals surface area contributed by atoms with Gasteiger partial charge in [0.15, 0.2) is 0 Å². The Bertz CT molecular complexity index is 866. The molecule has 3 heterocycles. The summed E-state index contributed by atoms with van der Waals surface area (Å²) in [4.78, 5) is 4.25. The van der Waals surface area contributed by atoms with Gasteiger partial charge in [-0.1, -0.05) is 11.6 Å². The molecule has 3 rings (SSSR count). The molecule has 7 nitrogen and oxygen atoms in total. The molecule has 9 heteroatoms. The Morgan fingerprint density at radius 1 is 1.33 bits per heavy atom. The van der Waals surface area contributed by atoms with E-state index >= 15 is 0 Å². The second-order valence-electron chi connectivity index (χ2n) is 5.81. The highest BCUT2D eigenvalue weighted by Crippen LogP contribution is 2.30. The highest BCUT2D eigenvalue weighted by atomic mass is 35.5. The highest BCUT2D eigenvalue weighted by Gasteiger charge is 2.37. The van der Waals surface area contributed by atoms with Crippen LogP contribution in [0.2, 0.25) is 5.15 Å². The third-order valence-corrected chi connectivity index (χ3v) is 6.62. The zero-order chi connectivity index (χ0) is 17.5. The summed E-state index contributed by atoms with van der Waals surface area (Å²) in [6.45, 7) is 4.16. The number of aromatic nitrogens is 3. The van der Waals surface area contributed by atoms with Crippen LogP contribution < -0.4 is 4.74 Å². The van der Waals surface area contributed by atoms with E-state index in [4.69, 9.17) is 16.3 Å². The van der Waals surface area contributed by atoms with Gasteiger partial charge >= 0.3 is 0 Å². The zero-order valence-electron chi connectivity index (χ0n) is 13.7. The van der Waals surface area contributed by atoms with Crippen LogP contribution in [0.5, 0.6) is 5.75 Å². The van der Waals surface area contributed by atoms with Gasteiger partial charge in [0.05, 0.1) is 17.9 Å². The first-order chi connectivity index (χ1) is 11.3. The Morgan fingerprint density at radius 3 is 2.71 bits per heavy atom. The molecule has 0 bridgehead atoms. The summed E-state index contributed by atoms with van der Waals surface area (Å²) in [5, 5.41) is 4.21. The number of nitrogens with zero attached hydrogens (tertiary/aromatic N) is 4. The van der Waals surface area contributed by atoms with Gasteiger partial charge in [-0.2, -0.15) is 9.40 Å². The third kappa shape index (κ3) is 3.01. The van der Waals surface area contributed by atoms with Gasteiger partial charge in [-0.3, -0.25) is 9.67 Å². The van der Waals surface area contributed by atoms with Crippen LogP contribution in [0.25, 0.3) is 0 Å². The van der Waals surface area contributed by atoms with Gasteiger partial charge < -0.3 is 4.74 Å². The van der Waals surface area contributed by atoms with Crippen LogP contribution in [0.4, 0.5) is 0 Å². The van der Waals surface area contributed by atoms with Gasteiger partial charge in [-0.25, -0.2) is 8.42 Å². The average molecular weight is 371 g/mol. The molecular weight excluding hydrogens is 352 g/mol. The van der Waals surface area contributed by atoms with Crippen molar-refractivity contribution < 1.29 is 13.2 Å². The number of ether oxygens (including phenoxy) is 1. The van der Waals surface area contributed by atoms with Crippen LogP contribution >= 0.6 is 11.6 Å². The second kappa shape index (κ2) is 6.34. The first kappa shape index (κ1) is 17.2. The summed E-state index contributed by atoms with van der Waals surface area (Å²) < 4.78 is 34.4. The Kier molecular flexibility index (Phi) is 4.54. The molecule has 1 aliphatic heterocycles. The van der Waals surface area contributed by atoms with Crippen molar-refractivity contribution in [1.29, 1.82) is 0 Å². The monoisotopic (exact) mass is 370 g/mol. The smallest absolute Gasteiger partial charge is 0.248 e. The van der Waals surface area contributed by atoms with Crippen molar-refractivity contribution in [2.45, 2.75) is 31.3 Å². The molecule has 0 saturated carbocycles. The van der Waals surface area contributed by atoms with Crippen LogP contribution in [0, 0.1) is 13.8 Å². The first-order valence-electron chi connectivity index (χ1n) is 7.58. The standard InChI is InChI=1S/C15H19ClN4O3S/c1-10-13(5-4-7-17-10)23-12-6-8-20(9-12)24(21,22)14-11(2)18-19(3)15(14)16/h4-5,7,12H,6,8-9H2,1-3H3/t12-/m0/s1. The average Bonchev–Trinajstić information content (AvgIpc) is 3.08. The summed E-state index contributed by atoms with van der Waals surface area (Å²) in [5.41, 5.74) is 1.18. The normalized spacial score (nSPS) is 18.9. The summed E-state index contributed by atoms with van der Waals surface area (Å²) in [6.07, 6.45) is 2.10. The molecule has 1 fully saturated rings. The van der Waals surface area contributed by atoms with Gasteiger partial charge in [0.25, 0.3) is 0 Å². The van der Waals surface area contributed by atoms with Crippen molar-refractivity contribution in [2.75, 3.05) is 13.1 Å². The molecule has 0 aromatic carbocycles. The maximum atomic E-state index is 12.9. The number of aryl methyl sites for hydroxylation is 3. The van der Waals surface area contributed by atoms with Crippen molar-refractivity contribution in [3.8, 4) is 5.75 Å². The zero-order valence-corrected chi connectivity index (χ0v) is 15.3. The lowest BCUT2D eigenvalue weighted by Crippen LogP contribution is -2.31. The van der Waals surface area contributed by atoms with Crippen LogP contribution in [0.15, 0.2) is 23.2 Å². The van der Waals surface area contributed by atoms with Crippen molar-refractivity contribution >= 4 is 21.6 Å². The molecule has 0 amide bonds. The van der Waals surface area contributed by atoms with Crippen molar-refractivity contribution in [3.63, 3.8) is 0 Å². The SMILES string of the molecule is Cc1ncccc1O[C@H]1CCN(S(=O)(=O)c2c(C)nn(C)c2Cl)C1. The lowest BCUT2D eigenvalue weighted by Gasteiger charge is -2.17. The van der Waals surface area contributed by atoms with E-state index < -0.39 is 10.0 Å². The molecule has 0 radical (unpaired) electrons. The first-order valence-corrected chi connectivity index (χ1v) is 9.40. The van der Waals surface area contributed by atoms with Gasteiger partial charge in [-0.05, 0) is 32.4 Å². The molecule has 1 saturated heterocycles. The van der Waals surface area contributed by atoms with E-state index in [0.29, 0.717) is 24.4 Å². The fourth-order valence-corrected chi connectivity index (χ4v) is 5.01. The minimum absolute atomic E-state index is 0.0740. The molecule has 24 heavy (non-hydrogen) atoms. The summed E-state index contributed by atoms with van der Waals surface area (Å²) in [7, 11) is -2.07. The van der Waals surface area contributed by atoms with E-state index in [9.17, 15) is 8.42 Å². The van der Waals surface area contributed by atoms with Crippen molar-refractivity contribution in [1.82, 2.24) is 19.1 Å². The number of sulfonamides is 1. The summed E-state index contributed by atoms with van der Waals surface area (Å²) in [6, 6.07) is 3.63. The molecule has 1 atom stereocenters. The number of halogens is 1. The van der Waals surface area contributed by atoms with E-state index in [0.717, 1.165) is 5.69 Å². The Labute approximate surface area is 146 Å². The van der Waals surface area contributed by atoms with Crippen molar-refractivity contribution in [3.05, 3.63) is 34.9 Å². The summed E-state index contributed by atoms with van der Waals surface area (Å²) >= 11 is 6.12. The maximum absolute atomic E-state index is 12.9. The molecule has 1 aliphatic rings. The maximum Gasteiger partial charge on any atom is 0.248 e. The molecule has 0 aliphatic carbocycles. The molecule has 2 aromatic heterocycles. The van der Waals surface area contributed by atoms with Gasteiger partial charge in [0.2, 0.25) is 10.0 Å².